The van der Waals surface area contributed by atoms with Crippen molar-refractivity contribution in [1.29, 1.82) is 0 Å². The van der Waals surface area contributed by atoms with E-state index in [4.69, 9.17) is 4.42 Å². The van der Waals surface area contributed by atoms with E-state index in [0.717, 1.165) is 47.8 Å². The lowest BCUT2D eigenvalue weighted by molar-refractivity contribution is -0.127. The Hall–Kier alpha value is -2.55. The molecule has 3 aromatic rings. The molecule has 1 aliphatic heterocycles. The number of hydrogen-bond acceptors (Lipinski definition) is 3. The zero-order valence-electron chi connectivity index (χ0n) is 18.6. The molecule has 170 valence electrons. The van der Waals surface area contributed by atoms with Gasteiger partial charge in [0.2, 0.25) is 5.91 Å². The fraction of sp³-hybridized carbons (Fsp3) is 0.360. The number of carbonyl (C=O) groups is 1. The van der Waals surface area contributed by atoms with Crippen molar-refractivity contribution in [2.45, 2.75) is 26.3 Å². The maximum atomic E-state index is 12.4. The van der Waals surface area contributed by atoms with Crippen molar-refractivity contribution < 1.29 is 9.21 Å². The lowest BCUT2D eigenvalue weighted by Crippen LogP contribution is -2.40. The molecule has 1 fully saturated rings. The Bertz CT molecular complexity index is 1060. The van der Waals surface area contributed by atoms with Crippen LogP contribution in [0.4, 0.5) is 0 Å². The summed E-state index contributed by atoms with van der Waals surface area (Å²) in [5, 5.41) is 7.84. The first kappa shape index (κ1) is 24.1. The minimum atomic E-state index is 0. The highest BCUT2D eigenvalue weighted by Crippen LogP contribution is 2.24. The van der Waals surface area contributed by atoms with Crippen LogP contribution in [0.5, 0.6) is 0 Å². The third-order valence-corrected chi connectivity index (χ3v) is 5.95. The maximum Gasteiger partial charge on any atom is 0.223 e. The largest absolute Gasteiger partial charge is 0.459 e. The first-order valence-corrected chi connectivity index (χ1v) is 10.9. The molecule has 0 bridgehead atoms. The molecule has 1 aromatic heterocycles. The number of aryl methyl sites for hydroxylation is 1. The molecule has 2 heterocycles. The highest BCUT2D eigenvalue weighted by atomic mass is 127. The van der Waals surface area contributed by atoms with Crippen LogP contribution >= 0.6 is 24.0 Å². The van der Waals surface area contributed by atoms with Crippen LogP contribution < -0.4 is 10.6 Å². The smallest absolute Gasteiger partial charge is 0.223 e. The van der Waals surface area contributed by atoms with Gasteiger partial charge in [0.05, 0.1) is 6.54 Å². The Balaban J connectivity index is 0.00000289. The van der Waals surface area contributed by atoms with Crippen molar-refractivity contribution in [3.8, 4) is 0 Å². The van der Waals surface area contributed by atoms with Gasteiger partial charge in [0, 0.05) is 50.0 Å². The number of carbonyl (C=O) groups excluding carboxylic acids is 1. The van der Waals surface area contributed by atoms with Crippen LogP contribution in [-0.4, -0.2) is 43.4 Å². The van der Waals surface area contributed by atoms with Crippen molar-refractivity contribution >= 4 is 46.8 Å². The van der Waals surface area contributed by atoms with Gasteiger partial charge in [-0.1, -0.05) is 48.5 Å². The van der Waals surface area contributed by atoms with Gasteiger partial charge in [-0.15, -0.1) is 24.0 Å². The lowest BCUT2D eigenvalue weighted by atomic mass is 10.1. The summed E-state index contributed by atoms with van der Waals surface area (Å²) in [5.74, 6) is 2.15. The topological polar surface area (TPSA) is 69.9 Å². The Kier molecular flexibility index (Phi) is 8.55. The van der Waals surface area contributed by atoms with E-state index in [9.17, 15) is 4.79 Å². The number of fused-ring (bicyclic) bond motifs is 1. The number of amides is 1. The van der Waals surface area contributed by atoms with Crippen LogP contribution in [0.2, 0.25) is 0 Å². The number of benzene rings is 2. The number of guanidine groups is 1. The number of nitrogens with one attached hydrogen (secondary N) is 2. The van der Waals surface area contributed by atoms with Crippen molar-refractivity contribution in [3.05, 3.63) is 71.5 Å². The van der Waals surface area contributed by atoms with Gasteiger partial charge in [-0.3, -0.25) is 9.79 Å². The third-order valence-electron chi connectivity index (χ3n) is 5.95. The van der Waals surface area contributed by atoms with Gasteiger partial charge in [-0.2, -0.15) is 0 Å². The molecule has 0 spiro atoms. The first-order chi connectivity index (χ1) is 15.1. The zero-order chi connectivity index (χ0) is 21.6. The molecule has 1 unspecified atom stereocenters. The molecule has 1 atom stereocenters. The number of nitrogens with zero attached hydrogens (tertiary/aromatic N) is 2. The molecule has 4 rings (SSSR count). The van der Waals surface area contributed by atoms with Crippen LogP contribution in [0.15, 0.2) is 64.0 Å². The molecule has 6 nitrogen and oxygen atoms in total. The molecule has 0 aliphatic carbocycles. The summed E-state index contributed by atoms with van der Waals surface area (Å²) >= 11 is 0. The Labute approximate surface area is 206 Å². The molecule has 2 N–H and O–H groups in total. The van der Waals surface area contributed by atoms with E-state index in [2.05, 4.69) is 40.7 Å². The van der Waals surface area contributed by atoms with Crippen LogP contribution in [0.3, 0.4) is 0 Å². The summed E-state index contributed by atoms with van der Waals surface area (Å²) in [6.45, 7) is 4.92. The molecule has 1 saturated heterocycles. The Morgan fingerprint density at radius 3 is 2.62 bits per heavy atom. The predicted molar refractivity (Wildman–Crippen MR) is 139 cm³/mol. The van der Waals surface area contributed by atoms with Crippen molar-refractivity contribution in [2.24, 2.45) is 10.9 Å². The Morgan fingerprint density at radius 1 is 1.12 bits per heavy atom. The van der Waals surface area contributed by atoms with Gasteiger partial charge >= 0.3 is 0 Å². The first-order valence-electron chi connectivity index (χ1n) is 10.9. The number of halogens is 1. The van der Waals surface area contributed by atoms with Gasteiger partial charge in [-0.05, 0) is 25.0 Å². The van der Waals surface area contributed by atoms with E-state index in [0.29, 0.717) is 19.5 Å². The van der Waals surface area contributed by atoms with E-state index in [1.54, 1.807) is 7.05 Å². The molecule has 1 amide bonds. The number of likely N-dealkylation sites (tertiary alicyclic amines) is 1. The molecular formula is C25H31IN4O2. The minimum absolute atomic E-state index is 0. The van der Waals surface area contributed by atoms with E-state index in [-0.39, 0.29) is 35.8 Å². The molecular weight excluding hydrogens is 515 g/mol. The highest BCUT2D eigenvalue weighted by Gasteiger charge is 2.29. The number of furan rings is 1. The quantitative estimate of drug-likeness (QED) is 0.266. The summed E-state index contributed by atoms with van der Waals surface area (Å²) in [6.07, 6.45) is 1.48. The maximum absolute atomic E-state index is 12.4. The fourth-order valence-corrected chi connectivity index (χ4v) is 4.13. The van der Waals surface area contributed by atoms with Gasteiger partial charge in [0.25, 0.3) is 0 Å². The minimum Gasteiger partial charge on any atom is -0.459 e. The SMILES string of the molecule is CN=C(NCc1oc2ccccc2c1C)NCC1CC(=O)N(CCc2ccccc2)C1.I. The average molecular weight is 546 g/mol. The highest BCUT2D eigenvalue weighted by molar-refractivity contribution is 14.0. The summed E-state index contributed by atoms with van der Waals surface area (Å²) < 4.78 is 5.97. The van der Waals surface area contributed by atoms with Gasteiger partial charge in [-0.25, -0.2) is 0 Å². The predicted octanol–water partition coefficient (Wildman–Crippen LogP) is 4.12. The molecule has 0 radical (unpaired) electrons. The molecule has 1 aliphatic rings. The van der Waals surface area contributed by atoms with Crippen molar-refractivity contribution in [3.63, 3.8) is 0 Å². The normalized spacial score (nSPS) is 16.3. The lowest BCUT2D eigenvalue weighted by Gasteiger charge is -2.18. The van der Waals surface area contributed by atoms with Crippen LogP contribution in [0.25, 0.3) is 11.0 Å². The second-order valence-corrected chi connectivity index (χ2v) is 8.10. The van der Waals surface area contributed by atoms with Crippen LogP contribution in [-0.2, 0) is 17.8 Å². The molecule has 32 heavy (non-hydrogen) atoms. The summed E-state index contributed by atoms with van der Waals surface area (Å²) in [7, 11) is 1.76. The second-order valence-electron chi connectivity index (χ2n) is 8.10. The van der Waals surface area contributed by atoms with Crippen LogP contribution in [0.1, 0.15) is 23.3 Å². The number of rotatable bonds is 7. The van der Waals surface area contributed by atoms with Crippen molar-refractivity contribution in [2.75, 3.05) is 26.7 Å². The Morgan fingerprint density at radius 2 is 1.88 bits per heavy atom. The van der Waals surface area contributed by atoms with E-state index in [1.165, 1.54) is 5.56 Å². The van der Waals surface area contributed by atoms with Crippen LogP contribution in [0, 0.1) is 12.8 Å². The molecule has 0 saturated carbocycles. The number of aliphatic imine (C=N–C) groups is 1. The molecule has 2 aromatic carbocycles. The third kappa shape index (κ3) is 5.82. The van der Waals surface area contributed by atoms with Gasteiger partial charge in [0.15, 0.2) is 5.96 Å². The van der Waals surface area contributed by atoms with E-state index in [1.807, 2.05) is 41.3 Å². The number of hydrogen-bond donors (Lipinski definition) is 2. The molecule has 7 heteroatoms. The monoisotopic (exact) mass is 546 g/mol. The second kappa shape index (κ2) is 11.4. The standard InChI is InChI=1S/C25H30N4O2.HI/c1-18-21-10-6-7-11-22(21)31-23(18)16-28-25(26-2)27-15-20-14-24(30)29(17-20)13-12-19-8-4-3-5-9-19;/h3-11,20H,12-17H2,1-2H3,(H2,26,27,28);1H. The van der Waals surface area contributed by atoms with Gasteiger partial charge < -0.3 is 20.0 Å². The fourth-order valence-electron chi connectivity index (χ4n) is 4.13. The number of para-hydroxylation sites is 1. The summed E-state index contributed by atoms with van der Waals surface area (Å²) in [5.41, 5.74) is 3.32. The summed E-state index contributed by atoms with van der Waals surface area (Å²) in [4.78, 5) is 18.7. The van der Waals surface area contributed by atoms with Gasteiger partial charge in [0.1, 0.15) is 11.3 Å². The van der Waals surface area contributed by atoms with E-state index >= 15 is 0 Å². The van der Waals surface area contributed by atoms with E-state index < -0.39 is 0 Å². The average Bonchev–Trinajstić information content (AvgIpc) is 3.32. The van der Waals surface area contributed by atoms with Crippen molar-refractivity contribution in [1.82, 2.24) is 15.5 Å². The summed E-state index contributed by atoms with van der Waals surface area (Å²) in [6, 6.07) is 18.4. The zero-order valence-corrected chi connectivity index (χ0v) is 21.0.